The van der Waals surface area contributed by atoms with Crippen LogP contribution in [0.2, 0.25) is 0 Å². The van der Waals surface area contributed by atoms with Gasteiger partial charge in [0.1, 0.15) is 0 Å². The minimum absolute atomic E-state index is 0.208. The van der Waals surface area contributed by atoms with E-state index in [1.807, 2.05) is 30.4 Å². The van der Waals surface area contributed by atoms with Gasteiger partial charge in [0.25, 0.3) is 0 Å². The molecule has 1 unspecified atom stereocenters. The number of hydrogen-bond acceptors (Lipinski definition) is 0. The molecule has 1 atom stereocenters. The zero-order chi connectivity index (χ0) is 14.6. The topological polar surface area (TPSA) is 0 Å². The first kappa shape index (κ1) is 14.1. The van der Waals surface area contributed by atoms with Gasteiger partial charge >= 0.3 is 0 Å². The predicted octanol–water partition coefficient (Wildman–Crippen LogP) is 5.47. The van der Waals surface area contributed by atoms with Crippen LogP contribution in [-0.4, -0.2) is 0 Å². The average Bonchev–Trinajstić information content (AvgIpc) is 2.54. The second kappa shape index (κ2) is 5.75. The summed E-state index contributed by atoms with van der Waals surface area (Å²) in [5.74, 6) is 0. The molecule has 100 valence electrons. The zero-order valence-electron chi connectivity index (χ0n) is 11.8. The van der Waals surface area contributed by atoms with Crippen LogP contribution < -0.4 is 0 Å². The van der Waals surface area contributed by atoms with Crippen LogP contribution in [0.15, 0.2) is 80.5 Å². The summed E-state index contributed by atoms with van der Waals surface area (Å²) < 4.78 is 0. The molecular weight excluding hydrogens is 240 g/mol. The average molecular weight is 260 g/mol. The lowest BCUT2D eigenvalue weighted by Gasteiger charge is -2.32. The van der Waals surface area contributed by atoms with E-state index in [9.17, 15) is 0 Å². The lowest BCUT2D eigenvalue weighted by Crippen LogP contribution is -2.24. The first-order valence-corrected chi connectivity index (χ1v) is 6.74. The summed E-state index contributed by atoms with van der Waals surface area (Å²) in [5, 5.41) is 0. The summed E-state index contributed by atoms with van der Waals surface area (Å²) in [5.41, 5.74) is 4.42. The third-order valence-corrected chi connectivity index (χ3v) is 3.88. The molecule has 0 aliphatic heterocycles. The van der Waals surface area contributed by atoms with Crippen molar-refractivity contribution in [3.05, 3.63) is 97.2 Å². The van der Waals surface area contributed by atoms with Gasteiger partial charge < -0.3 is 0 Å². The van der Waals surface area contributed by atoms with Gasteiger partial charge in [0, 0.05) is 5.41 Å². The van der Waals surface area contributed by atoms with Crippen LogP contribution in [0.25, 0.3) is 12.2 Å². The third kappa shape index (κ3) is 2.25. The van der Waals surface area contributed by atoms with Crippen molar-refractivity contribution in [1.82, 2.24) is 0 Å². The Balaban J connectivity index is 2.65. The van der Waals surface area contributed by atoms with Gasteiger partial charge in [-0.25, -0.2) is 0 Å². The second-order valence-electron chi connectivity index (χ2n) is 4.91. The van der Waals surface area contributed by atoms with Gasteiger partial charge in [0.15, 0.2) is 0 Å². The number of allylic oxidation sites excluding steroid dienone is 6. The molecule has 0 fully saturated rings. The van der Waals surface area contributed by atoms with E-state index >= 15 is 0 Å². The van der Waals surface area contributed by atoms with Gasteiger partial charge in [0.05, 0.1) is 0 Å². The van der Waals surface area contributed by atoms with Crippen LogP contribution >= 0.6 is 0 Å². The monoisotopic (exact) mass is 260 g/mol. The first-order chi connectivity index (χ1) is 9.70. The Hall–Kier alpha value is -2.34. The Morgan fingerprint density at radius 1 is 0.950 bits per heavy atom. The maximum absolute atomic E-state index is 4.06. The van der Waals surface area contributed by atoms with Crippen LogP contribution in [0.1, 0.15) is 23.1 Å². The second-order valence-corrected chi connectivity index (χ2v) is 4.91. The van der Waals surface area contributed by atoms with Crippen molar-refractivity contribution in [3.63, 3.8) is 0 Å². The summed E-state index contributed by atoms with van der Waals surface area (Å²) in [6.45, 7) is 15.7. The Bertz CT molecular complexity index is 599. The van der Waals surface area contributed by atoms with E-state index in [-0.39, 0.29) is 5.41 Å². The van der Waals surface area contributed by atoms with Crippen molar-refractivity contribution < 1.29 is 0 Å². The van der Waals surface area contributed by atoms with E-state index in [1.165, 1.54) is 5.56 Å². The summed E-state index contributed by atoms with van der Waals surface area (Å²) in [6, 6.07) is 6.20. The fourth-order valence-electron chi connectivity index (χ4n) is 2.72. The fourth-order valence-corrected chi connectivity index (χ4v) is 2.72. The standard InChI is InChI=1S/C20H20/c1-5-16-12-14-20(8-4,15-13-16)19-17(6-2)10-9-11-18(19)7-3/h5-14H,1-4,15H2. The molecule has 1 aromatic rings. The van der Waals surface area contributed by atoms with Crippen molar-refractivity contribution >= 4 is 12.2 Å². The maximum atomic E-state index is 4.06. The van der Waals surface area contributed by atoms with Crippen LogP contribution in [0.3, 0.4) is 0 Å². The Kier molecular flexibility index (Phi) is 4.05. The van der Waals surface area contributed by atoms with Crippen LogP contribution in [0.4, 0.5) is 0 Å². The molecule has 0 bridgehead atoms. The largest absolute Gasteiger partial charge is 0.102 e. The van der Waals surface area contributed by atoms with Gasteiger partial charge in [0.2, 0.25) is 0 Å². The number of rotatable bonds is 5. The van der Waals surface area contributed by atoms with E-state index in [1.54, 1.807) is 0 Å². The predicted molar refractivity (Wildman–Crippen MR) is 90.5 cm³/mol. The molecule has 0 N–H and O–H groups in total. The SMILES string of the molecule is C=CC1=CCC(C=C)(c2c(C=C)cccc2C=C)C=C1. The molecule has 20 heavy (non-hydrogen) atoms. The van der Waals surface area contributed by atoms with Gasteiger partial charge in [-0.1, -0.05) is 80.5 Å². The summed E-state index contributed by atoms with van der Waals surface area (Å²) in [7, 11) is 0. The number of benzene rings is 1. The highest BCUT2D eigenvalue weighted by Crippen LogP contribution is 2.40. The molecule has 0 nitrogen and oxygen atoms in total. The minimum Gasteiger partial charge on any atom is -0.102 e. The smallest absolute Gasteiger partial charge is 0.0359 e. The Morgan fingerprint density at radius 3 is 2.00 bits per heavy atom. The minimum atomic E-state index is -0.208. The van der Waals surface area contributed by atoms with Crippen molar-refractivity contribution in [2.24, 2.45) is 0 Å². The van der Waals surface area contributed by atoms with Gasteiger partial charge in [-0.05, 0) is 28.7 Å². The molecule has 0 saturated carbocycles. The molecule has 0 heteroatoms. The molecule has 0 saturated heterocycles. The van der Waals surface area contributed by atoms with Crippen molar-refractivity contribution in [1.29, 1.82) is 0 Å². The normalized spacial score (nSPS) is 20.9. The molecule has 1 aliphatic rings. The molecule has 0 aromatic heterocycles. The molecule has 0 amide bonds. The summed E-state index contributed by atoms with van der Waals surface area (Å²) >= 11 is 0. The first-order valence-electron chi connectivity index (χ1n) is 6.74. The quantitative estimate of drug-likeness (QED) is 0.616. The highest BCUT2D eigenvalue weighted by molar-refractivity contribution is 5.67. The number of hydrogen-bond donors (Lipinski definition) is 0. The van der Waals surface area contributed by atoms with Crippen molar-refractivity contribution in [3.8, 4) is 0 Å². The fraction of sp³-hybridized carbons (Fsp3) is 0.100. The molecule has 1 aromatic carbocycles. The van der Waals surface area contributed by atoms with Crippen molar-refractivity contribution in [2.45, 2.75) is 11.8 Å². The lowest BCUT2D eigenvalue weighted by molar-refractivity contribution is 0.671. The highest BCUT2D eigenvalue weighted by atomic mass is 14.3. The van der Waals surface area contributed by atoms with Crippen LogP contribution in [-0.2, 0) is 5.41 Å². The lowest BCUT2D eigenvalue weighted by atomic mass is 9.71. The van der Waals surface area contributed by atoms with Crippen molar-refractivity contribution in [2.75, 3.05) is 0 Å². The molecule has 1 aliphatic carbocycles. The van der Waals surface area contributed by atoms with Gasteiger partial charge in [-0.15, -0.1) is 6.58 Å². The molecule has 0 heterocycles. The van der Waals surface area contributed by atoms with Gasteiger partial charge in [-0.2, -0.15) is 0 Å². The van der Waals surface area contributed by atoms with Gasteiger partial charge in [-0.3, -0.25) is 0 Å². The molecule has 0 spiro atoms. The van der Waals surface area contributed by atoms with Crippen LogP contribution in [0.5, 0.6) is 0 Å². The molecule has 2 rings (SSSR count). The third-order valence-electron chi connectivity index (χ3n) is 3.88. The van der Waals surface area contributed by atoms with E-state index in [2.05, 4.69) is 56.7 Å². The molecular formula is C20H20. The summed E-state index contributed by atoms with van der Waals surface area (Å²) in [6.07, 6.45) is 15.0. The zero-order valence-corrected chi connectivity index (χ0v) is 11.8. The highest BCUT2D eigenvalue weighted by Gasteiger charge is 2.30. The Labute approximate surface area is 121 Å². The molecule has 0 radical (unpaired) electrons. The maximum Gasteiger partial charge on any atom is 0.0359 e. The van der Waals surface area contributed by atoms with E-state index < -0.39 is 0 Å². The van der Waals surface area contributed by atoms with Crippen LogP contribution in [0, 0.1) is 0 Å². The van der Waals surface area contributed by atoms with E-state index in [4.69, 9.17) is 0 Å². The van der Waals surface area contributed by atoms with E-state index in [0.29, 0.717) is 0 Å². The summed E-state index contributed by atoms with van der Waals surface area (Å²) in [4.78, 5) is 0. The van der Waals surface area contributed by atoms with E-state index in [0.717, 1.165) is 23.1 Å². The Morgan fingerprint density at radius 2 is 1.60 bits per heavy atom.